The number of hydrogen-bond donors (Lipinski definition) is 0. The third kappa shape index (κ3) is 1.14. The smallest absolute Gasteiger partial charge is 0.153 e. The maximum absolute atomic E-state index is 10.9. The van der Waals surface area contributed by atoms with E-state index in [1.54, 1.807) is 0 Å². The van der Waals surface area contributed by atoms with Gasteiger partial charge in [-0.2, -0.15) is 0 Å². The van der Waals surface area contributed by atoms with E-state index in [9.17, 15) is 4.79 Å². The van der Waals surface area contributed by atoms with Crippen LogP contribution in [0, 0.1) is 6.92 Å². The van der Waals surface area contributed by atoms with E-state index >= 15 is 0 Å². The molecule has 2 nitrogen and oxygen atoms in total. The van der Waals surface area contributed by atoms with Crippen LogP contribution in [0.1, 0.15) is 33.8 Å². The molecule has 1 aliphatic carbocycles. The zero-order valence-electron chi connectivity index (χ0n) is 8.57. The van der Waals surface area contributed by atoms with Crippen LogP contribution >= 0.6 is 0 Å². The van der Waals surface area contributed by atoms with Gasteiger partial charge in [0.05, 0.1) is 5.56 Å². The van der Waals surface area contributed by atoms with Gasteiger partial charge in [-0.25, -0.2) is 0 Å². The molecule has 0 spiro atoms. The minimum absolute atomic E-state index is 0.223. The van der Waals surface area contributed by atoms with Gasteiger partial charge in [0.2, 0.25) is 0 Å². The third-order valence-electron chi connectivity index (χ3n) is 3.16. The van der Waals surface area contributed by atoms with E-state index in [4.69, 9.17) is 4.74 Å². The highest BCUT2D eigenvalue weighted by Crippen LogP contribution is 2.45. The summed E-state index contributed by atoms with van der Waals surface area (Å²) < 4.78 is 5.81. The van der Waals surface area contributed by atoms with Crippen LogP contribution in [0.2, 0.25) is 0 Å². The standard InChI is InChI=1S/C13H12O2/c1-8-5-9(7-14)13-11(6-8)10-3-2-4-12(10)15-13/h2-3,5-7,10,12H,4H2,1H3. The molecule has 2 unspecified atom stereocenters. The van der Waals surface area contributed by atoms with E-state index in [0.29, 0.717) is 11.5 Å². The normalized spacial score (nSPS) is 25.9. The Bertz CT molecular complexity index is 460. The van der Waals surface area contributed by atoms with Gasteiger partial charge < -0.3 is 4.74 Å². The van der Waals surface area contributed by atoms with Gasteiger partial charge in [0.25, 0.3) is 0 Å². The van der Waals surface area contributed by atoms with Gasteiger partial charge in [-0.15, -0.1) is 0 Å². The van der Waals surface area contributed by atoms with Crippen molar-refractivity contribution >= 4 is 6.29 Å². The first-order valence-electron chi connectivity index (χ1n) is 5.22. The molecule has 0 bridgehead atoms. The van der Waals surface area contributed by atoms with Crippen LogP contribution in [0.5, 0.6) is 5.75 Å². The van der Waals surface area contributed by atoms with E-state index in [0.717, 1.165) is 24.0 Å². The van der Waals surface area contributed by atoms with Crippen molar-refractivity contribution in [2.24, 2.45) is 0 Å². The molecule has 0 saturated heterocycles. The zero-order valence-corrected chi connectivity index (χ0v) is 8.57. The minimum atomic E-state index is 0.223. The van der Waals surface area contributed by atoms with E-state index in [1.807, 2.05) is 13.0 Å². The van der Waals surface area contributed by atoms with Crippen molar-refractivity contribution in [3.63, 3.8) is 0 Å². The SMILES string of the molecule is Cc1cc(C=O)c2c(c1)C1C=CCC1O2. The molecule has 15 heavy (non-hydrogen) atoms. The number of ether oxygens (including phenoxy) is 1. The largest absolute Gasteiger partial charge is 0.488 e. The van der Waals surface area contributed by atoms with Crippen molar-refractivity contribution < 1.29 is 9.53 Å². The number of aryl methyl sites for hydroxylation is 1. The van der Waals surface area contributed by atoms with Gasteiger partial charge in [0.1, 0.15) is 11.9 Å². The molecule has 0 N–H and O–H groups in total. The lowest BCUT2D eigenvalue weighted by molar-refractivity contribution is 0.111. The van der Waals surface area contributed by atoms with Crippen molar-refractivity contribution in [2.75, 3.05) is 0 Å². The molecule has 1 heterocycles. The van der Waals surface area contributed by atoms with Gasteiger partial charge in [0.15, 0.2) is 6.29 Å². The highest BCUT2D eigenvalue weighted by Gasteiger charge is 2.36. The summed E-state index contributed by atoms with van der Waals surface area (Å²) in [4.78, 5) is 10.9. The lowest BCUT2D eigenvalue weighted by Crippen LogP contribution is -2.11. The molecule has 1 aromatic carbocycles. The van der Waals surface area contributed by atoms with Crippen LogP contribution in [0.4, 0.5) is 0 Å². The zero-order chi connectivity index (χ0) is 10.4. The quantitative estimate of drug-likeness (QED) is 0.514. The Labute approximate surface area is 88.6 Å². The van der Waals surface area contributed by atoms with Crippen LogP contribution in [-0.2, 0) is 0 Å². The Morgan fingerprint density at radius 3 is 3.13 bits per heavy atom. The van der Waals surface area contributed by atoms with Gasteiger partial charge in [0, 0.05) is 17.9 Å². The molecule has 0 radical (unpaired) electrons. The second-order valence-electron chi connectivity index (χ2n) is 4.24. The van der Waals surface area contributed by atoms with Gasteiger partial charge in [-0.1, -0.05) is 18.2 Å². The number of aldehydes is 1. The van der Waals surface area contributed by atoms with Crippen molar-refractivity contribution in [1.82, 2.24) is 0 Å². The van der Waals surface area contributed by atoms with E-state index < -0.39 is 0 Å². The van der Waals surface area contributed by atoms with E-state index in [-0.39, 0.29) is 6.10 Å². The summed E-state index contributed by atoms with van der Waals surface area (Å²) in [7, 11) is 0. The molecule has 76 valence electrons. The molecule has 2 atom stereocenters. The fourth-order valence-corrected chi connectivity index (χ4v) is 2.51. The molecule has 1 aromatic rings. The van der Waals surface area contributed by atoms with Crippen molar-refractivity contribution in [2.45, 2.75) is 25.4 Å². The Hall–Kier alpha value is -1.57. The Morgan fingerprint density at radius 2 is 2.33 bits per heavy atom. The lowest BCUT2D eigenvalue weighted by atomic mass is 9.95. The number of benzene rings is 1. The summed E-state index contributed by atoms with van der Waals surface area (Å²) >= 11 is 0. The predicted molar refractivity (Wildman–Crippen MR) is 57.5 cm³/mol. The van der Waals surface area contributed by atoms with Crippen LogP contribution in [-0.4, -0.2) is 12.4 Å². The fraction of sp³-hybridized carbons (Fsp3) is 0.308. The predicted octanol–water partition coefficient (Wildman–Crippen LogP) is 2.61. The molecule has 2 aliphatic rings. The fourth-order valence-electron chi connectivity index (χ4n) is 2.51. The maximum atomic E-state index is 10.9. The molecule has 0 fully saturated rings. The van der Waals surface area contributed by atoms with Crippen LogP contribution in [0.3, 0.4) is 0 Å². The summed E-state index contributed by atoms with van der Waals surface area (Å²) in [5.74, 6) is 1.16. The average Bonchev–Trinajstić information content (AvgIpc) is 2.77. The van der Waals surface area contributed by atoms with Crippen LogP contribution in [0.25, 0.3) is 0 Å². The summed E-state index contributed by atoms with van der Waals surface area (Å²) in [6, 6.07) is 4.01. The summed E-state index contributed by atoms with van der Waals surface area (Å²) in [5, 5.41) is 0. The molecule has 0 aromatic heterocycles. The first-order valence-corrected chi connectivity index (χ1v) is 5.22. The first-order chi connectivity index (χ1) is 7.29. The van der Waals surface area contributed by atoms with Gasteiger partial charge in [-0.05, 0) is 18.6 Å². The second-order valence-corrected chi connectivity index (χ2v) is 4.24. The second kappa shape index (κ2) is 2.96. The Kier molecular flexibility index (Phi) is 1.72. The highest BCUT2D eigenvalue weighted by molar-refractivity contribution is 5.81. The Balaban J connectivity index is 2.20. The number of carbonyl (C=O) groups excluding carboxylic acids is 1. The van der Waals surface area contributed by atoms with Gasteiger partial charge in [-0.3, -0.25) is 4.79 Å². The number of hydrogen-bond acceptors (Lipinski definition) is 2. The molecule has 1 aliphatic heterocycles. The third-order valence-corrected chi connectivity index (χ3v) is 3.16. The minimum Gasteiger partial charge on any atom is -0.488 e. The van der Waals surface area contributed by atoms with Crippen molar-refractivity contribution in [1.29, 1.82) is 0 Å². The molecule has 0 saturated carbocycles. The lowest BCUT2D eigenvalue weighted by Gasteiger charge is -2.07. The van der Waals surface area contributed by atoms with Crippen LogP contribution < -0.4 is 4.74 Å². The average molecular weight is 200 g/mol. The molecule has 0 amide bonds. The van der Waals surface area contributed by atoms with Crippen molar-refractivity contribution in [3.05, 3.63) is 41.0 Å². The molecule has 3 rings (SSSR count). The topological polar surface area (TPSA) is 26.3 Å². The monoisotopic (exact) mass is 200 g/mol. The summed E-state index contributed by atoms with van der Waals surface area (Å²) in [6.45, 7) is 2.01. The van der Waals surface area contributed by atoms with E-state index in [1.165, 1.54) is 5.56 Å². The highest BCUT2D eigenvalue weighted by atomic mass is 16.5. The number of fused-ring (bicyclic) bond motifs is 3. The Morgan fingerprint density at radius 1 is 1.47 bits per heavy atom. The maximum Gasteiger partial charge on any atom is 0.153 e. The molecular formula is C13H12O2. The molecular weight excluding hydrogens is 188 g/mol. The van der Waals surface area contributed by atoms with E-state index in [2.05, 4.69) is 18.2 Å². The molecule has 2 heteroatoms. The first kappa shape index (κ1) is 8.72. The van der Waals surface area contributed by atoms with Crippen molar-refractivity contribution in [3.8, 4) is 5.75 Å². The van der Waals surface area contributed by atoms with Gasteiger partial charge >= 0.3 is 0 Å². The van der Waals surface area contributed by atoms with Crippen LogP contribution in [0.15, 0.2) is 24.3 Å². The number of carbonyl (C=O) groups is 1. The summed E-state index contributed by atoms with van der Waals surface area (Å²) in [5.41, 5.74) is 2.99. The number of rotatable bonds is 1. The summed E-state index contributed by atoms with van der Waals surface area (Å²) in [6.07, 6.45) is 6.40.